The molecule has 0 radical (unpaired) electrons. The van der Waals surface area contributed by atoms with Crippen molar-refractivity contribution >= 4 is 88.2 Å². The number of hydrogen-bond acceptors (Lipinski definition) is 7. The Morgan fingerprint density at radius 2 is 1.11 bits per heavy atom. The third-order valence-electron chi connectivity index (χ3n) is 10.1. The van der Waals surface area contributed by atoms with Gasteiger partial charge in [-0.25, -0.2) is 26.8 Å². The molecule has 53 heavy (non-hydrogen) atoms. The predicted molar refractivity (Wildman–Crippen MR) is 216 cm³/mol. The fourth-order valence-electron chi connectivity index (χ4n) is 7.27. The van der Waals surface area contributed by atoms with E-state index in [1.54, 1.807) is 45.0 Å². The summed E-state index contributed by atoms with van der Waals surface area (Å²) in [4.78, 5) is 12.6. The molecule has 0 saturated heterocycles. The Labute approximate surface area is 328 Å². The molecule has 0 amide bonds. The quantitative estimate of drug-likeness (QED) is 0.0863. The summed E-state index contributed by atoms with van der Waals surface area (Å²) in [7, 11) is -7.22. The van der Waals surface area contributed by atoms with Crippen LogP contribution in [0.25, 0.3) is 21.5 Å². The molecule has 4 aromatic rings. The number of aliphatic imine (C=N–C) groups is 1. The Balaban J connectivity index is 0.000000206. The number of aromatic nitrogens is 2. The summed E-state index contributed by atoms with van der Waals surface area (Å²) in [6, 6.07) is 9.68. The normalized spacial score (nSPS) is 16.2. The highest BCUT2D eigenvalue weighted by Gasteiger charge is 2.29. The zero-order valence-electron chi connectivity index (χ0n) is 30.1. The molecule has 2 fully saturated rings. The van der Waals surface area contributed by atoms with Gasteiger partial charge >= 0.3 is 0 Å². The molecule has 16 heteroatoms. The van der Waals surface area contributed by atoms with Crippen LogP contribution in [0.4, 0.5) is 5.82 Å². The van der Waals surface area contributed by atoms with Gasteiger partial charge in [-0.05, 0) is 61.8 Å². The van der Waals surface area contributed by atoms with Crippen LogP contribution in [0.1, 0.15) is 78.1 Å². The zero-order chi connectivity index (χ0) is 38.3. The van der Waals surface area contributed by atoms with E-state index in [1.165, 1.54) is 50.9 Å². The Hall–Kier alpha value is -2.78. The molecule has 4 N–H and O–H groups in total. The van der Waals surface area contributed by atoms with Crippen LogP contribution < -0.4 is 11.5 Å². The van der Waals surface area contributed by atoms with Gasteiger partial charge in [0.1, 0.15) is 5.15 Å². The molecule has 2 saturated carbocycles. The van der Waals surface area contributed by atoms with Gasteiger partial charge in [-0.1, -0.05) is 99.3 Å². The minimum Gasteiger partial charge on any atom is -0.370 e. The first-order chi connectivity index (χ1) is 25.3. The highest BCUT2D eigenvalue weighted by molar-refractivity contribution is 7.89. The van der Waals surface area contributed by atoms with Gasteiger partial charge in [-0.3, -0.25) is 0 Å². The number of guanidine groups is 1. The van der Waals surface area contributed by atoms with Crippen molar-refractivity contribution in [2.24, 2.45) is 28.3 Å². The smallest absolute Gasteiger partial charge is 0.243 e. The van der Waals surface area contributed by atoms with Crippen LogP contribution in [0.15, 0.2) is 63.6 Å². The molecule has 0 aliphatic heterocycles. The van der Waals surface area contributed by atoms with Crippen LogP contribution in [-0.4, -0.2) is 67.6 Å². The molecule has 2 aromatic heterocycles. The molecule has 0 unspecified atom stereocenters. The molecule has 6 rings (SSSR count). The average Bonchev–Trinajstić information content (AvgIpc) is 3.16. The Kier molecular flexibility index (Phi) is 14.2. The van der Waals surface area contributed by atoms with Gasteiger partial charge in [0.15, 0.2) is 11.8 Å². The fourth-order valence-corrected chi connectivity index (χ4v) is 11.0. The van der Waals surface area contributed by atoms with Crippen molar-refractivity contribution in [3.63, 3.8) is 0 Å². The second-order valence-electron chi connectivity index (χ2n) is 13.7. The van der Waals surface area contributed by atoms with Crippen LogP contribution >= 0.6 is 34.8 Å². The minimum atomic E-state index is -3.65. The maximum atomic E-state index is 13.3. The lowest BCUT2D eigenvalue weighted by Crippen LogP contribution is -2.35. The van der Waals surface area contributed by atoms with Crippen molar-refractivity contribution in [1.82, 2.24) is 18.6 Å². The monoisotopic (exact) mass is 823 g/mol. The highest BCUT2D eigenvalue weighted by Crippen LogP contribution is 2.34. The number of hydrogen-bond donors (Lipinski definition) is 2. The SMILES string of the molecule is CCN(CC1CCCCC1)S(=O)(=O)c1ccc2c(Cl)cnc(Cl)c2c1.CCN(CC1CCCCC1)S(=O)(=O)c1ccc2c(Cl)cnc(N=C(N)N)c2c1. The molecular formula is C37H48Cl3N7O4S2. The lowest BCUT2D eigenvalue weighted by Gasteiger charge is -2.28. The largest absolute Gasteiger partial charge is 0.370 e. The zero-order valence-corrected chi connectivity index (χ0v) is 34.0. The number of nitrogens with zero attached hydrogens (tertiary/aromatic N) is 5. The summed E-state index contributed by atoms with van der Waals surface area (Å²) in [5.41, 5.74) is 11.0. The van der Waals surface area contributed by atoms with E-state index in [-0.39, 0.29) is 26.7 Å². The van der Waals surface area contributed by atoms with E-state index in [0.717, 1.165) is 25.7 Å². The molecule has 0 spiro atoms. The number of fused-ring (bicyclic) bond motifs is 2. The van der Waals surface area contributed by atoms with Crippen molar-refractivity contribution in [3.05, 3.63) is 64.0 Å². The Bertz CT molecular complexity index is 2150. The Morgan fingerprint density at radius 1 is 0.679 bits per heavy atom. The van der Waals surface area contributed by atoms with Crippen LogP contribution in [0.5, 0.6) is 0 Å². The lowest BCUT2D eigenvalue weighted by molar-refractivity contribution is 0.284. The van der Waals surface area contributed by atoms with Gasteiger partial charge in [0.2, 0.25) is 20.0 Å². The van der Waals surface area contributed by atoms with Gasteiger partial charge in [-0.2, -0.15) is 13.6 Å². The molecule has 2 aliphatic rings. The van der Waals surface area contributed by atoms with Gasteiger partial charge in [0, 0.05) is 60.1 Å². The first-order valence-corrected chi connectivity index (χ1v) is 22.2. The maximum Gasteiger partial charge on any atom is 0.243 e. The summed E-state index contributed by atoms with van der Waals surface area (Å²) in [6.07, 6.45) is 14.5. The molecule has 2 aromatic carbocycles. The summed E-state index contributed by atoms with van der Waals surface area (Å²) >= 11 is 18.5. The van der Waals surface area contributed by atoms with Crippen molar-refractivity contribution in [3.8, 4) is 0 Å². The third-order valence-corrected chi connectivity index (χ3v) is 14.9. The third kappa shape index (κ3) is 9.91. The van der Waals surface area contributed by atoms with E-state index in [9.17, 15) is 16.8 Å². The van der Waals surface area contributed by atoms with E-state index < -0.39 is 20.0 Å². The number of rotatable bonds is 11. The molecular weight excluding hydrogens is 777 g/mol. The molecule has 2 heterocycles. The van der Waals surface area contributed by atoms with E-state index in [0.29, 0.717) is 69.6 Å². The molecule has 0 atom stereocenters. The van der Waals surface area contributed by atoms with E-state index in [4.69, 9.17) is 46.3 Å². The molecule has 2 aliphatic carbocycles. The molecule has 11 nitrogen and oxygen atoms in total. The summed E-state index contributed by atoms with van der Waals surface area (Å²) in [5.74, 6) is 0.949. The highest BCUT2D eigenvalue weighted by atomic mass is 35.5. The number of benzene rings is 2. The number of nitrogens with two attached hydrogens (primary N) is 2. The standard InChI is InChI=1S/C19H26ClN5O2S.C18H22Cl2N2O2S/c1-2-25(12-13-6-4-3-5-7-13)28(26,27)14-8-9-15-16(10-14)18(24-19(21)22)23-11-17(15)20;1-2-22(12-13-6-4-3-5-7-13)25(23,24)14-8-9-15-16(10-14)18(20)21-11-17(15)19/h8-11,13H,2-7,12H2,1H3,(H4,21,22,23,24);8-11,13H,2-7,12H2,1H3. The number of pyridine rings is 2. The van der Waals surface area contributed by atoms with Crippen LogP contribution in [0.3, 0.4) is 0 Å². The van der Waals surface area contributed by atoms with Crippen LogP contribution in [-0.2, 0) is 20.0 Å². The predicted octanol–water partition coefficient (Wildman–Crippen LogP) is 8.52. The molecule has 0 bridgehead atoms. The Morgan fingerprint density at radius 3 is 1.57 bits per heavy atom. The second kappa shape index (κ2) is 18.2. The first-order valence-electron chi connectivity index (χ1n) is 18.2. The van der Waals surface area contributed by atoms with Gasteiger partial charge in [0.05, 0.1) is 19.8 Å². The fraction of sp³-hybridized carbons (Fsp3) is 0.486. The van der Waals surface area contributed by atoms with E-state index in [2.05, 4.69) is 15.0 Å². The van der Waals surface area contributed by atoms with Crippen LogP contribution in [0.2, 0.25) is 15.2 Å². The number of halogens is 3. The van der Waals surface area contributed by atoms with E-state index in [1.807, 2.05) is 13.8 Å². The van der Waals surface area contributed by atoms with Gasteiger partial charge < -0.3 is 11.5 Å². The lowest BCUT2D eigenvalue weighted by atomic mass is 9.89. The second-order valence-corrected chi connectivity index (χ2v) is 18.7. The van der Waals surface area contributed by atoms with Crippen molar-refractivity contribution in [2.45, 2.75) is 87.8 Å². The van der Waals surface area contributed by atoms with Crippen LogP contribution in [0, 0.1) is 11.8 Å². The average molecular weight is 825 g/mol. The van der Waals surface area contributed by atoms with Crippen molar-refractivity contribution < 1.29 is 16.8 Å². The van der Waals surface area contributed by atoms with Crippen molar-refractivity contribution in [1.29, 1.82) is 0 Å². The summed E-state index contributed by atoms with van der Waals surface area (Å²) < 4.78 is 55.9. The topological polar surface area (TPSA) is 165 Å². The summed E-state index contributed by atoms with van der Waals surface area (Å²) in [5, 5.41) is 3.52. The minimum absolute atomic E-state index is 0.156. The van der Waals surface area contributed by atoms with Crippen molar-refractivity contribution in [2.75, 3.05) is 26.2 Å². The summed E-state index contributed by atoms with van der Waals surface area (Å²) in [6.45, 7) is 5.76. The number of sulfonamides is 2. The first kappa shape index (κ1) is 41.4. The maximum absolute atomic E-state index is 13.3. The van der Waals surface area contributed by atoms with Gasteiger partial charge in [0.25, 0.3) is 0 Å². The van der Waals surface area contributed by atoms with E-state index >= 15 is 0 Å². The molecule has 288 valence electrons. The van der Waals surface area contributed by atoms with Gasteiger partial charge in [-0.15, -0.1) is 0 Å².